The van der Waals surface area contributed by atoms with Crippen LogP contribution in [0.5, 0.6) is 0 Å². The normalized spacial score (nSPS) is 10.2. The summed E-state index contributed by atoms with van der Waals surface area (Å²) in [5, 5.41) is 30.0. The molecule has 0 unspecified atom stereocenters. The third-order valence-corrected chi connectivity index (χ3v) is 7.30. The number of nitrogens with one attached hydrogen (secondary N) is 1. The minimum Gasteiger partial charge on any atom is -0.464 e. The van der Waals surface area contributed by atoms with Gasteiger partial charge in [-0.1, -0.05) is 80.7 Å². The molecule has 0 aliphatic heterocycles. The van der Waals surface area contributed by atoms with Gasteiger partial charge in [0.15, 0.2) is 11.4 Å². The Balaban J connectivity index is 0.000000200. The quantitative estimate of drug-likeness (QED) is 0.113. The first kappa shape index (κ1) is 36.6. The van der Waals surface area contributed by atoms with E-state index >= 15 is 0 Å². The number of aromatic nitrogens is 6. The zero-order chi connectivity index (χ0) is 32.7. The van der Waals surface area contributed by atoms with Crippen molar-refractivity contribution in [1.29, 1.82) is 0 Å². The van der Waals surface area contributed by atoms with Crippen molar-refractivity contribution in [2.45, 2.75) is 7.43 Å². The van der Waals surface area contributed by atoms with Gasteiger partial charge in [-0.3, -0.25) is 5.10 Å². The maximum Gasteiger partial charge on any atom is 0.488 e. The van der Waals surface area contributed by atoms with Crippen LogP contribution in [0, 0.1) is 0 Å². The molecule has 17 heteroatoms. The number of halogens is 4. The van der Waals surface area contributed by atoms with Gasteiger partial charge in [0.2, 0.25) is 0 Å². The van der Waals surface area contributed by atoms with Gasteiger partial charge in [0.05, 0.1) is 41.7 Å². The van der Waals surface area contributed by atoms with Gasteiger partial charge in [0.25, 0.3) is 0 Å². The summed E-state index contributed by atoms with van der Waals surface area (Å²) in [6.07, 6.45) is 3.00. The van der Waals surface area contributed by atoms with E-state index in [4.69, 9.17) is 38.0 Å². The molecule has 0 saturated carbocycles. The molecule has 0 saturated heterocycles. The van der Waals surface area contributed by atoms with Crippen molar-refractivity contribution in [3.63, 3.8) is 0 Å². The van der Waals surface area contributed by atoms with Crippen LogP contribution in [-0.4, -0.2) is 73.3 Å². The highest BCUT2D eigenvalue weighted by atomic mass is 79.9. The summed E-state index contributed by atoms with van der Waals surface area (Å²) in [6.45, 7) is 0. The van der Waals surface area contributed by atoms with E-state index in [9.17, 15) is 9.59 Å². The van der Waals surface area contributed by atoms with Crippen LogP contribution >= 0.6 is 55.1 Å². The van der Waals surface area contributed by atoms with Crippen LogP contribution < -0.4 is 5.46 Å². The Morgan fingerprint density at radius 2 is 1.43 bits per heavy atom. The number of nitrogens with zero attached hydrogens (tertiary/aromatic N) is 5. The molecule has 0 atom stereocenters. The third-order valence-electron chi connectivity index (χ3n) is 5.90. The topological polar surface area (TPSA) is 165 Å². The van der Waals surface area contributed by atoms with Crippen molar-refractivity contribution < 1.29 is 29.1 Å². The molecule has 6 aromatic rings. The lowest BCUT2D eigenvalue weighted by Gasteiger charge is -2.03. The van der Waals surface area contributed by atoms with Crippen LogP contribution in [0.2, 0.25) is 10.3 Å². The van der Waals surface area contributed by atoms with E-state index in [0.717, 1.165) is 14.6 Å². The maximum atomic E-state index is 11.9. The van der Waals surface area contributed by atoms with Crippen molar-refractivity contribution >= 4 is 101 Å². The highest BCUT2D eigenvalue weighted by molar-refractivity contribution is 9.10. The lowest BCUT2D eigenvalue weighted by atomic mass is 9.81. The molecule has 46 heavy (non-hydrogen) atoms. The molecule has 12 nitrogen and oxygen atoms in total. The Labute approximate surface area is 290 Å². The fraction of sp³-hybridized carbons (Fsp3) is 0.103. The summed E-state index contributed by atoms with van der Waals surface area (Å²) in [6, 6.07) is 17.7. The summed E-state index contributed by atoms with van der Waals surface area (Å²) in [5.41, 5.74) is 3.06. The van der Waals surface area contributed by atoms with E-state index in [-0.39, 0.29) is 18.8 Å². The minimum atomic E-state index is -1.38. The van der Waals surface area contributed by atoms with Crippen LogP contribution in [0.15, 0.2) is 82.0 Å². The van der Waals surface area contributed by atoms with E-state index in [0.29, 0.717) is 37.6 Å². The van der Waals surface area contributed by atoms with E-state index in [1.165, 1.54) is 26.6 Å². The molecule has 3 N–H and O–H groups in total. The van der Waals surface area contributed by atoms with Gasteiger partial charge in [-0.25, -0.2) is 24.2 Å². The molecular weight excluding hydrogens is 770 g/mol. The number of carbonyl (C=O) groups excluding carboxylic acids is 2. The second kappa shape index (κ2) is 16.6. The summed E-state index contributed by atoms with van der Waals surface area (Å²) < 4.78 is 12.7. The van der Waals surface area contributed by atoms with Gasteiger partial charge < -0.3 is 19.5 Å². The second-order valence-electron chi connectivity index (χ2n) is 8.80. The predicted molar refractivity (Wildman–Crippen MR) is 184 cm³/mol. The summed E-state index contributed by atoms with van der Waals surface area (Å²) in [4.78, 5) is 30.9. The van der Waals surface area contributed by atoms with Crippen LogP contribution in [0.4, 0.5) is 0 Å². The fourth-order valence-corrected chi connectivity index (χ4v) is 4.96. The highest BCUT2D eigenvalue weighted by Crippen LogP contribution is 2.25. The van der Waals surface area contributed by atoms with Crippen LogP contribution in [0.1, 0.15) is 28.4 Å². The van der Waals surface area contributed by atoms with E-state index in [1.807, 2.05) is 30.3 Å². The highest BCUT2D eigenvalue weighted by Gasteiger charge is 2.19. The minimum absolute atomic E-state index is 0. The molecule has 4 heterocycles. The van der Waals surface area contributed by atoms with Crippen LogP contribution in [0.3, 0.4) is 0 Å². The molecule has 0 aliphatic carbocycles. The molecule has 0 bridgehead atoms. The first-order valence-corrected chi connectivity index (χ1v) is 14.9. The van der Waals surface area contributed by atoms with Gasteiger partial charge in [-0.05, 0) is 35.8 Å². The lowest BCUT2D eigenvalue weighted by Crippen LogP contribution is -2.29. The third kappa shape index (κ3) is 8.90. The zero-order valence-corrected chi connectivity index (χ0v) is 28.0. The largest absolute Gasteiger partial charge is 0.488 e. The first-order valence-electron chi connectivity index (χ1n) is 12.6. The monoisotopic (exact) mass is 792 g/mol. The van der Waals surface area contributed by atoms with Crippen LogP contribution in [0.25, 0.3) is 27.5 Å². The average molecular weight is 795 g/mol. The molecule has 2 aromatic carbocycles. The Morgan fingerprint density at radius 1 is 0.848 bits per heavy atom. The molecule has 238 valence electrons. The molecule has 0 amide bonds. The summed E-state index contributed by atoms with van der Waals surface area (Å²) in [7, 11) is 1.24. The van der Waals surface area contributed by atoms with Crippen LogP contribution in [-0.2, 0) is 9.47 Å². The molecular formula is C29H25BBr2Cl2N6O6. The number of H-pyrrole nitrogens is 1. The van der Waals surface area contributed by atoms with Gasteiger partial charge in [0, 0.05) is 33.5 Å². The number of aromatic amines is 1. The first-order chi connectivity index (χ1) is 21.5. The predicted octanol–water partition coefficient (Wildman–Crippen LogP) is 5.79. The van der Waals surface area contributed by atoms with E-state index < -0.39 is 19.1 Å². The molecule has 0 spiro atoms. The van der Waals surface area contributed by atoms with Gasteiger partial charge in [-0.15, -0.1) is 0 Å². The number of fused-ring (bicyclic) bond motifs is 2. The Bertz CT molecular complexity index is 1990. The average Bonchev–Trinajstić information content (AvgIpc) is 3.62. The van der Waals surface area contributed by atoms with Crippen molar-refractivity contribution in [2.75, 3.05) is 14.2 Å². The smallest absolute Gasteiger partial charge is 0.464 e. The molecule has 0 radical (unpaired) electrons. The number of pyridine rings is 2. The number of carbonyl (C=O) groups is 2. The summed E-state index contributed by atoms with van der Waals surface area (Å²) >= 11 is 18.2. The number of benzene rings is 2. The molecule has 0 aliphatic rings. The Morgan fingerprint density at radius 3 is 2.02 bits per heavy atom. The SMILES string of the molecule is C.COC(=O)c1n[nH]c2cc(Cl)ncc12.COC(=O)c1nn(-c2cccc(Br)c2)c2cc(Cl)ncc12.OB(O)c1cccc(Br)c1. The molecule has 0 fully saturated rings. The number of hydrogen-bond donors (Lipinski definition) is 3. The van der Waals surface area contributed by atoms with Crippen molar-refractivity contribution in [2.24, 2.45) is 0 Å². The standard InChI is InChI=1S/C14H9BrClN3O2.C8H6ClN3O2.C6H6BBrO2.CH4/c1-21-14(20)13-10-7-17-12(16)6-11(10)19(18-13)9-4-2-3-8(15)5-9;1-14-8(13)7-4-3-10-6(9)2-5(4)11-12-7;8-6-3-1-2-5(4-6)7(9)10;/h2-7H,1H3;2-3H,1H3,(H,11,12);1-4,9-10H;1H4. The number of methoxy groups -OCH3 is 2. The maximum absolute atomic E-state index is 11.9. The van der Waals surface area contributed by atoms with Gasteiger partial charge >= 0.3 is 19.1 Å². The van der Waals surface area contributed by atoms with Gasteiger partial charge in [-0.2, -0.15) is 10.2 Å². The lowest BCUT2D eigenvalue weighted by molar-refractivity contribution is 0.0587. The van der Waals surface area contributed by atoms with Crippen molar-refractivity contribution in [3.05, 3.63) is 104 Å². The number of hydrogen-bond acceptors (Lipinski definition) is 10. The Kier molecular flexibility index (Phi) is 13.2. The fourth-order valence-electron chi connectivity index (χ4n) is 3.84. The van der Waals surface area contributed by atoms with E-state index in [1.54, 1.807) is 35.0 Å². The van der Waals surface area contributed by atoms with Gasteiger partial charge in [0.1, 0.15) is 10.3 Å². The number of ether oxygens (including phenoxy) is 2. The van der Waals surface area contributed by atoms with Crippen molar-refractivity contribution in [1.82, 2.24) is 29.9 Å². The Hall–Kier alpha value is -3.86. The van der Waals surface area contributed by atoms with Crippen molar-refractivity contribution in [3.8, 4) is 5.69 Å². The second-order valence-corrected chi connectivity index (χ2v) is 11.4. The van der Waals surface area contributed by atoms with E-state index in [2.05, 4.69) is 61.9 Å². The molecule has 4 aromatic heterocycles. The molecule has 6 rings (SSSR count). The number of rotatable bonds is 4. The summed E-state index contributed by atoms with van der Waals surface area (Å²) in [5.74, 6) is -1.02. The zero-order valence-electron chi connectivity index (χ0n) is 23.3. The number of esters is 2.